The highest BCUT2D eigenvalue weighted by atomic mass is 16.3. The number of carbonyl (C=O) groups excluding carboxylic acids is 1. The van der Waals surface area contributed by atoms with Crippen molar-refractivity contribution in [2.24, 2.45) is 10.2 Å². The van der Waals surface area contributed by atoms with Gasteiger partial charge in [0.15, 0.2) is 5.72 Å². The fourth-order valence-corrected chi connectivity index (χ4v) is 1.62. The van der Waals surface area contributed by atoms with E-state index < -0.39 is 11.8 Å². The summed E-state index contributed by atoms with van der Waals surface area (Å²) in [4.78, 5) is 11.6. The number of rotatable bonds is 12. The zero-order chi connectivity index (χ0) is 15.4. The molecule has 0 bridgehead atoms. The number of nitrogens with zero attached hydrogens (tertiary/aromatic N) is 2. The molecule has 0 aliphatic heterocycles. The molecule has 6 heteroatoms. The van der Waals surface area contributed by atoms with Crippen LogP contribution in [0.25, 0.3) is 0 Å². The molecule has 0 saturated heterocycles. The van der Waals surface area contributed by atoms with Gasteiger partial charge in [0.05, 0.1) is 12.6 Å². The average molecular weight is 286 g/mol. The molecule has 0 rings (SSSR count). The zero-order valence-electron chi connectivity index (χ0n) is 13.3. The van der Waals surface area contributed by atoms with Gasteiger partial charge in [-0.3, -0.25) is 10.2 Å². The molecule has 0 amide bonds. The van der Waals surface area contributed by atoms with Crippen LogP contribution in [-0.4, -0.2) is 35.7 Å². The molecule has 0 aromatic rings. The van der Waals surface area contributed by atoms with Crippen molar-refractivity contribution in [2.45, 2.75) is 71.6 Å². The number of Topliss-reactive ketones (excluding diaryl/α,β-unsaturated/α-hetero) is 1. The van der Waals surface area contributed by atoms with E-state index >= 15 is 0 Å². The summed E-state index contributed by atoms with van der Waals surface area (Å²) >= 11 is 0. The highest BCUT2D eigenvalue weighted by Gasteiger charge is 2.27. The van der Waals surface area contributed by atoms with Crippen LogP contribution in [0.1, 0.15) is 59.8 Å². The number of carbonyl (C=O) groups is 1. The Kier molecular flexibility index (Phi) is 10.4. The summed E-state index contributed by atoms with van der Waals surface area (Å²) in [5.74, 6) is -0.0296. The van der Waals surface area contributed by atoms with Crippen LogP contribution in [0, 0.1) is 0 Å². The minimum Gasteiger partial charge on any atom is -0.368 e. The zero-order valence-corrected chi connectivity index (χ0v) is 13.3. The van der Waals surface area contributed by atoms with Gasteiger partial charge in [-0.1, -0.05) is 26.7 Å². The maximum atomic E-state index is 11.6. The Morgan fingerprint density at radius 2 is 1.95 bits per heavy atom. The Morgan fingerprint density at radius 1 is 1.30 bits per heavy atom. The number of unbranched alkanes of at least 4 members (excludes halogenated alkanes) is 2. The Labute approximate surface area is 122 Å². The highest BCUT2D eigenvalue weighted by Crippen LogP contribution is 2.15. The number of hydrazine groups is 1. The first-order chi connectivity index (χ1) is 9.43. The normalized spacial score (nSPS) is 16.2. The van der Waals surface area contributed by atoms with E-state index in [1.807, 2.05) is 0 Å². The van der Waals surface area contributed by atoms with Gasteiger partial charge in [-0.05, 0) is 26.7 Å². The lowest BCUT2D eigenvalue weighted by Crippen LogP contribution is -2.48. The predicted octanol–water partition coefficient (Wildman–Crippen LogP) is 2.19. The van der Waals surface area contributed by atoms with Crippen LogP contribution in [0.15, 0.2) is 10.2 Å². The van der Waals surface area contributed by atoms with Crippen LogP contribution in [0.2, 0.25) is 0 Å². The fraction of sp³-hybridized carbons (Fsp3) is 0.929. The van der Waals surface area contributed by atoms with E-state index in [0.717, 1.165) is 32.2 Å². The monoisotopic (exact) mass is 286 g/mol. The number of aliphatic hydroxyl groups is 1. The largest absolute Gasteiger partial charge is 0.368 e. The molecule has 6 nitrogen and oxygen atoms in total. The van der Waals surface area contributed by atoms with Gasteiger partial charge in [0.1, 0.15) is 5.78 Å². The quantitative estimate of drug-likeness (QED) is 0.291. The Hall–Kier alpha value is -0.850. The van der Waals surface area contributed by atoms with E-state index in [1.165, 1.54) is 6.92 Å². The molecule has 0 aromatic heterocycles. The molecule has 0 aliphatic rings. The average Bonchev–Trinajstić information content (AvgIpc) is 2.38. The first-order valence-electron chi connectivity index (χ1n) is 7.52. The lowest BCUT2D eigenvalue weighted by Gasteiger charge is -2.23. The molecule has 0 aromatic carbocycles. The predicted molar refractivity (Wildman–Crippen MR) is 80.4 cm³/mol. The van der Waals surface area contributed by atoms with Gasteiger partial charge in [0.25, 0.3) is 0 Å². The van der Waals surface area contributed by atoms with Gasteiger partial charge in [-0.15, -0.1) is 0 Å². The van der Waals surface area contributed by atoms with Gasteiger partial charge in [-0.2, -0.15) is 10.2 Å². The molecular weight excluding hydrogens is 256 g/mol. The molecule has 0 radical (unpaired) electrons. The van der Waals surface area contributed by atoms with Crippen molar-refractivity contribution in [3.63, 3.8) is 0 Å². The van der Waals surface area contributed by atoms with E-state index in [9.17, 15) is 9.90 Å². The Balaban J connectivity index is 4.26. The third-order valence-corrected chi connectivity index (χ3v) is 2.91. The van der Waals surface area contributed by atoms with Gasteiger partial charge in [0, 0.05) is 13.0 Å². The lowest BCUT2D eigenvalue weighted by molar-refractivity contribution is -0.121. The molecule has 2 unspecified atom stereocenters. The highest BCUT2D eigenvalue weighted by molar-refractivity contribution is 5.81. The molecule has 0 saturated carbocycles. The summed E-state index contributed by atoms with van der Waals surface area (Å²) in [6.45, 7) is 8.66. The molecule has 2 atom stereocenters. The smallest absolute Gasteiger partial charge is 0.175 e. The summed E-state index contributed by atoms with van der Waals surface area (Å²) in [6, 6.07) is -0.466. The summed E-state index contributed by atoms with van der Waals surface area (Å²) in [7, 11) is 0. The van der Waals surface area contributed by atoms with Crippen molar-refractivity contribution in [1.82, 2.24) is 10.9 Å². The van der Waals surface area contributed by atoms with E-state index in [4.69, 9.17) is 0 Å². The first-order valence-corrected chi connectivity index (χ1v) is 7.52. The lowest BCUT2D eigenvalue weighted by atomic mass is 10.0. The van der Waals surface area contributed by atoms with Crippen LogP contribution in [0.5, 0.6) is 0 Å². The molecule has 0 spiro atoms. The van der Waals surface area contributed by atoms with Gasteiger partial charge in [-0.25, -0.2) is 5.43 Å². The van der Waals surface area contributed by atoms with Crippen LogP contribution < -0.4 is 10.9 Å². The van der Waals surface area contributed by atoms with Crippen molar-refractivity contribution in [2.75, 3.05) is 13.1 Å². The number of ketones is 1. The molecule has 0 heterocycles. The van der Waals surface area contributed by atoms with Crippen molar-refractivity contribution in [1.29, 1.82) is 0 Å². The van der Waals surface area contributed by atoms with Gasteiger partial charge >= 0.3 is 0 Å². The summed E-state index contributed by atoms with van der Waals surface area (Å²) in [5.41, 5.74) is 4.65. The fourth-order valence-electron chi connectivity index (χ4n) is 1.62. The van der Waals surface area contributed by atoms with E-state index in [2.05, 4.69) is 34.9 Å². The van der Waals surface area contributed by atoms with Gasteiger partial charge < -0.3 is 5.11 Å². The maximum Gasteiger partial charge on any atom is 0.175 e. The summed E-state index contributed by atoms with van der Waals surface area (Å²) in [5, 5.41) is 18.0. The molecule has 0 aliphatic carbocycles. The van der Waals surface area contributed by atoms with E-state index in [1.54, 1.807) is 6.92 Å². The summed E-state index contributed by atoms with van der Waals surface area (Å²) in [6.07, 6.45) is 4.32. The standard InChI is InChI=1S/C14H30N4O2/c1-5-7-9-15-17-13(12(3)19)11-14(4,20)18-16-10-8-6-2/h13,15,17,20H,5-11H2,1-4H3. The molecular formula is C14H30N4O2. The number of hydrogen-bond donors (Lipinski definition) is 3. The van der Waals surface area contributed by atoms with Crippen LogP contribution >= 0.6 is 0 Å². The van der Waals surface area contributed by atoms with Crippen molar-refractivity contribution in [3.05, 3.63) is 0 Å². The second kappa shape index (κ2) is 10.9. The third kappa shape index (κ3) is 10.00. The van der Waals surface area contributed by atoms with Crippen LogP contribution in [0.4, 0.5) is 0 Å². The molecule has 20 heavy (non-hydrogen) atoms. The Bertz CT molecular complexity index is 293. The number of azo groups is 1. The SMILES string of the molecule is CCCCN=NC(C)(O)CC(NNCCCC)C(C)=O. The maximum absolute atomic E-state index is 11.6. The first kappa shape index (κ1) is 19.1. The minimum absolute atomic E-state index is 0.0296. The molecule has 118 valence electrons. The topological polar surface area (TPSA) is 86.1 Å². The second-order valence-electron chi connectivity index (χ2n) is 5.33. The van der Waals surface area contributed by atoms with Crippen molar-refractivity contribution >= 4 is 5.78 Å². The number of hydrogen-bond acceptors (Lipinski definition) is 6. The van der Waals surface area contributed by atoms with E-state index in [0.29, 0.717) is 6.54 Å². The minimum atomic E-state index is -1.32. The van der Waals surface area contributed by atoms with Gasteiger partial charge in [0.2, 0.25) is 0 Å². The number of nitrogens with one attached hydrogen (secondary N) is 2. The van der Waals surface area contributed by atoms with Crippen molar-refractivity contribution in [3.8, 4) is 0 Å². The second-order valence-corrected chi connectivity index (χ2v) is 5.33. The van der Waals surface area contributed by atoms with Crippen LogP contribution in [-0.2, 0) is 4.79 Å². The Morgan fingerprint density at radius 3 is 2.50 bits per heavy atom. The van der Waals surface area contributed by atoms with Crippen molar-refractivity contribution < 1.29 is 9.90 Å². The van der Waals surface area contributed by atoms with Crippen LogP contribution in [0.3, 0.4) is 0 Å². The van der Waals surface area contributed by atoms with E-state index in [-0.39, 0.29) is 12.2 Å². The molecule has 3 N–H and O–H groups in total. The molecule has 0 fully saturated rings. The summed E-state index contributed by atoms with van der Waals surface area (Å²) < 4.78 is 0. The third-order valence-electron chi connectivity index (χ3n) is 2.91.